The van der Waals surface area contributed by atoms with E-state index < -0.39 is 11.7 Å². The van der Waals surface area contributed by atoms with Gasteiger partial charge in [-0.05, 0) is 46.0 Å². The van der Waals surface area contributed by atoms with Gasteiger partial charge in [0, 0.05) is 39.0 Å². The highest BCUT2D eigenvalue weighted by Crippen LogP contribution is 2.17. The smallest absolute Gasteiger partial charge is 0.407 e. The van der Waals surface area contributed by atoms with E-state index in [0.717, 1.165) is 25.7 Å². The first-order valence-corrected chi connectivity index (χ1v) is 9.72. The number of nitrogens with zero attached hydrogens (tertiary/aromatic N) is 1. The van der Waals surface area contributed by atoms with Crippen molar-refractivity contribution in [2.75, 3.05) is 26.2 Å². The second kappa shape index (κ2) is 11.0. The fraction of sp³-hybridized carbons (Fsp3) is 0.842. The minimum atomic E-state index is -0.540. The van der Waals surface area contributed by atoms with Crippen molar-refractivity contribution in [3.8, 4) is 0 Å². The number of alkyl carbamates (subject to hydrolysis) is 1. The second-order valence-electron chi connectivity index (χ2n) is 7.91. The van der Waals surface area contributed by atoms with Crippen molar-refractivity contribution in [2.24, 2.45) is 5.92 Å². The average Bonchev–Trinajstić information content (AvgIpc) is 2.56. The van der Waals surface area contributed by atoms with E-state index in [0.29, 0.717) is 32.0 Å². The lowest BCUT2D eigenvalue weighted by Gasteiger charge is -2.32. The number of hydrogen-bond donors (Lipinski definition) is 2. The van der Waals surface area contributed by atoms with E-state index in [9.17, 15) is 14.4 Å². The average molecular weight is 370 g/mol. The van der Waals surface area contributed by atoms with Gasteiger partial charge in [0.25, 0.3) is 0 Å². The summed E-state index contributed by atoms with van der Waals surface area (Å²) in [6.45, 7) is 9.87. The molecule has 1 aliphatic heterocycles. The van der Waals surface area contributed by atoms with Gasteiger partial charge in [0.2, 0.25) is 11.8 Å². The van der Waals surface area contributed by atoms with Gasteiger partial charge in [-0.3, -0.25) is 9.59 Å². The van der Waals surface area contributed by atoms with E-state index in [-0.39, 0.29) is 24.8 Å². The van der Waals surface area contributed by atoms with Crippen molar-refractivity contribution in [2.45, 2.75) is 71.8 Å². The Balaban J connectivity index is 2.17. The molecular weight excluding hydrogens is 334 g/mol. The number of ether oxygens (including phenoxy) is 1. The van der Waals surface area contributed by atoms with E-state index >= 15 is 0 Å². The first kappa shape index (κ1) is 22.3. The van der Waals surface area contributed by atoms with Crippen molar-refractivity contribution >= 4 is 17.9 Å². The Labute approximate surface area is 157 Å². The minimum absolute atomic E-state index is 0.0477. The molecule has 0 aromatic heterocycles. The number of rotatable bonds is 8. The normalized spacial score (nSPS) is 15.5. The molecule has 0 radical (unpaired) electrons. The first-order valence-electron chi connectivity index (χ1n) is 9.72. The Hall–Kier alpha value is -1.79. The number of piperidine rings is 1. The Morgan fingerprint density at radius 3 is 2.31 bits per heavy atom. The summed E-state index contributed by atoms with van der Waals surface area (Å²) in [5.41, 5.74) is -0.540. The topological polar surface area (TPSA) is 87.7 Å². The van der Waals surface area contributed by atoms with Crippen molar-refractivity contribution < 1.29 is 19.1 Å². The molecule has 1 saturated heterocycles. The number of carbonyl (C=O) groups is 3. The Morgan fingerprint density at radius 2 is 1.73 bits per heavy atom. The molecule has 0 saturated carbocycles. The maximum absolute atomic E-state index is 12.2. The lowest BCUT2D eigenvalue weighted by Crippen LogP contribution is -2.42. The monoisotopic (exact) mass is 369 g/mol. The van der Waals surface area contributed by atoms with Crippen molar-refractivity contribution in [3.05, 3.63) is 0 Å². The summed E-state index contributed by atoms with van der Waals surface area (Å²) in [5.74, 6) is 0.606. The van der Waals surface area contributed by atoms with Gasteiger partial charge in [0.15, 0.2) is 0 Å². The SMILES string of the molecule is CCCCC(=O)NCC1CCN(C(=O)CCNC(=O)OC(C)(C)C)CC1. The van der Waals surface area contributed by atoms with Crippen LogP contribution in [0.1, 0.15) is 66.2 Å². The zero-order valence-electron chi connectivity index (χ0n) is 16.7. The zero-order valence-corrected chi connectivity index (χ0v) is 16.7. The molecule has 7 heteroatoms. The summed E-state index contributed by atoms with van der Waals surface area (Å²) < 4.78 is 5.14. The lowest BCUT2D eigenvalue weighted by molar-refractivity contribution is -0.132. The van der Waals surface area contributed by atoms with Gasteiger partial charge >= 0.3 is 6.09 Å². The van der Waals surface area contributed by atoms with Gasteiger partial charge in [0.05, 0.1) is 0 Å². The third kappa shape index (κ3) is 9.63. The minimum Gasteiger partial charge on any atom is -0.444 e. The molecule has 2 N–H and O–H groups in total. The van der Waals surface area contributed by atoms with Gasteiger partial charge in [0.1, 0.15) is 5.60 Å². The molecule has 0 unspecified atom stereocenters. The van der Waals surface area contributed by atoms with Gasteiger partial charge in [-0.2, -0.15) is 0 Å². The highest BCUT2D eigenvalue weighted by atomic mass is 16.6. The van der Waals surface area contributed by atoms with Crippen LogP contribution in [0, 0.1) is 5.92 Å². The molecule has 1 heterocycles. The van der Waals surface area contributed by atoms with Crippen molar-refractivity contribution in [1.82, 2.24) is 15.5 Å². The molecule has 7 nitrogen and oxygen atoms in total. The summed E-state index contributed by atoms with van der Waals surface area (Å²) >= 11 is 0. The number of hydrogen-bond acceptors (Lipinski definition) is 4. The quantitative estimate of drug-likeness (QED) is 0.688. The molecule has 0 aromatic rings. The molecule has 0 aliphatic carbocycles. The summed E-state index contributed by atoms with van der Waals surface area (Å²) in [4.78, 5) is 37.3. The molecule has 0 aromatic carbocycles. The van der Waals surface area contributed by atoms with E-state index in [1.54, 1.807) is 20.8 Å². The second-order valence-corrected chi connectivity index (χ2v) is 7.91. The molecule has 1 rings (SSSR count). The summed E-state index contributed by atoms with van der Waals surface area (Å²) in [7, 11) is 0. The molecule has 1 fully saturated rings. The number of carbonyl (C=O) groups excluding carboxylic acids is 3. The molecule has 0 spiro atoms. The zero-order chi connectivity index (χ0) is 19.6. The van der Waals surface area contributed by atoms with Crippen LogP contribution in [-0.4, -0.2) is 54.6 Å². The largest absolute Gasteiger partial charge is 0.444 e. The highest BCUT2D eigenvalue weighted by Gasteiger charge is 2.23. The standard InChI is InChI=1S/C19H35N3O4/c1-5-6-7-16(23)21-14-15-9-12-22(13-10-15)17(24)8-11-20-18(25)26-19(2,3)4/h15H,5-14H2,1-4H3,(H,20,25)(H,21,23). The van der Waals surface area contributed by atoms with Crippen molar-refractivity contribution in [1.29, 1.82) is 0 Å². The van der Waals surface area contributed by atoms with E-state index in [4.69, 9.17) is 4.74 Å². The van der Waals surface area contributed by atoms with Crippen LogP contribution in [0.15, 0.2) is 0 Å². The van der Waals surface area contributed by atoms with Crippen LogP contribution in [0.4, 0.5) is 4.79 Å². The Kier molecular flexibility index (Phi) is 9.44. The maximum atomic E-state index is 12.2. The molecule has 150 valence electrons. The van der Waals surface area contributed by atoms with Crippen LogP contribution in [0.5, 0.6) is 0 Å². The molecular formula is C19H35N3O4. The summed E-state index contributed by atoms with van der Waals surface area (Å²) in [6, 6.07) is 0. The lowest BCUT2D eigenvalue weighted by atomic mass is 9.96. The molecule has 0 atom stereocenters. The van der Waals surface area contributed by atoms with E-state index in [1.165, 1.54) is 0 Å². The van der Waals surface area contributed by atoms with Gasteiger partial charge in [-0.15, -0.1) is 0 Å². The van der Waals surface area contributed by atoms with Crippen molar-refractivity contribution in [3.63, 3.8) is 0 Å². The van der Waals surface area contributed by atoms with Gasteiger partial charge in [-0.25, -0.2) is 4.79 Å². The molecule has 26 heavy (non-hydrogen) atoms. The predicted molar refractivity (Wildman–Crippen MR) is 101 cm³/mol. The number of nitrogens with one attached hydrogen (secondary N) is 2. The van der Waals surface area contributed by atoms with Crippen LogP contribution in [-0.2, 0) is 14.3 Å². The molecule has 0 bridgehead atoms. The summed E-state index contributed by atoms with van der Waals surface area (Å²) in [5, 5.41) is 5.60. The van der Waals surface area contributed by atoms with Crippen LogP contribution < -0.4 is 10.6 Å². The fourth-order valence-electron chi connectivity index (χ4n) is 2.81. The predicted octanol–water partition coefficient (Wildman–Crippen LogP) is 2.45. The first-order chi connectivity index (χ1) is 12.2. The summed E-state index contributed by atoms with van der Waals surface area (Å²) in [6.07, 6.45) is 4.13. The van der Waals surface area contributed by atoms with Crippen LogP contribution in [0.3, 0.4) is 0 Å². The number of unbranched alkanes of at least 4 members (excludes halogenated alkanes) is 1. The Bertz CT molecular complexity index is 466. The van der Waals surface area contributed by atoms with E-state index in [1.807, 2.05) is 4.90 Å². The van der Waals surface area contributed by atoms with Crippen LogP contribution >= 0.6 is 0 Å². The number of likely N-dealkylation sites (tertiary alicyclic amines) is 1. The third-order valence-corrected chi connectivity index (χ3v) is 4.32. The van der Waals surface area contributed by atoms with Gasteiger partial charge < -0.3 is 20.3 Å². The Morgan fingerprint density at radius 1 is 1.08 bits per heavy atom. The fourth-order valence-corrected chi connectivity index (χ4v) is 2.81. The van der Waals surface area contributed by atoms with Crippen LogP contribution in [0.2, 0.25) is 0 Å². The molecule has 3 amide bonds. The third-order valence-electron chi connectivity index (χ3n) is 4.32. The van der Waals surface area contributed by atoms with Gasteiger partial charge in [-0.1, -0.05) is 13.3 Å². The maximum Gasteiger partial charge on any atom is 0.407 e. The number of amides is 3. The van der Waals surface area contributed by atoms with E-state index in [2.05, 4.69) is 17.6 Å². The van der Waals surface area contributed by atoms with Crippen LogP contribution in [0.25, 0.3) is 0 Å². The highest BCUT2D eigenvalue weighted by molar-refractivity contribution is 5.77. The molecule has 1 aliphatic rings.